The Kier molecular flexibility index (Phi) is 5.31. The van der Waals surface area contributed by atoms with Crippen LogP contribution >= 0.6 is 0 Å². The summed E-state index contributed by atoms with van der Waals surface area (Å²) in [4.78, 5) is 15.1. The normalized spacial score (nSPS) is 15.5. The molecule has 0 radical (unpaired) electrons. The molecule has 1 heterocycles. The molecule has 2 aromatic carbocycles. The molecule has 1 aliphatic heterocycles. The Balaban J connectivity index is 1.84. The first-order valence-electron chi connectivity index (χ1n) is 8.48. The first-order valence-corrected chi connectivity index (χ1v) is 8.48. The van der Waals surface area contributed by atoms with Gasteiger partial charge >= 0.3 is 5.97 Å². The minimum absolute atomic E-state index is 0.217. The molecule has 130 valence electrons. The molecule has 0 bridgehead atoms. The first kappa shape index (κ1) is 17.4. The van der Waals surface area contributed by atoms with Gasteiger partial charge in [-0.3, -0.25) is 0 Å². The van der Waals surface area contributed by atoms with Crippen molar-refractivity contribution in [3.05, 3.63) is 83.4 Å². The van der Waals surface area contributed by atoms with Crippen molar-refractivity contribution >= 4 is 5.97 Å². The molecule has 0 aliphatic carbocycles. The number of likely N-dealkylation sites (N-methyl/N-ethyl adjacent to an activating group) is 1. The van der Waals surface area contributed by atoms with Gasteiger partial charge in [-0.15, -0.1) is 0 Å². The van der Waals surface area contributed by atoms with Crippen LogP contribution in [0.15, 0.2) is 72.3 Å². The highest BCUT2D eigenvalue weighted by Gasteiger charge is 2.41. The fraction of sp³-hybridized carbons (Fsp3) is 0.286. The lowest BCUT2D eigenvalue weighted by atomic mass is 9.86. The fourth-order valence-electron chi connectivity index (χ4n) is 2.97. The van der Waals surface area contributed by atoms with Crippen LogP contribution in [-0.2, 0) is 15.1 Å². The smallest absolute Gasteiger partial charge is 0.348 e. The summed E-state index contributed by atoms with van der Waals surface area (Å²) >= 11 is 0. The molecule has 0 atom stereocenters. The maximum Gasteiger partial charge on any atom is 0.348 e. The third-order valence-electron chi connectivity index (χ3n) is 4.57. The van der Waals surface area contributed by atoms with Gasteiger partial charge in [-0.1, -0.05) is 66.7 Å². The van der Waals surface area contributed by atoms with Gasteiger partial charge in [0.15, 0.2) is 0 Å². The van der Waals surface area contributed by atoms with Crippen molar-refractivity contribution in [2.75, 3.05) is 26.7 Å². The van der Waals surface area contributed by atoms with E-state index in [0.29, 0.717) is 11.1 Å². The molecule has 0 saturated heterocycles. The van der Waals surface area contributed by atoms with E-state index in [1.54, 1.807) is 48.5 Å². The summed E-state index contributed by atoms with van der Waals surface area (Å²) in [7, 11) is 2.06. The van der Waals surface area contributed by atoms with E-state index in [4.69, 9.17) is 4.74 Å². The van der Waals surface area contributed by atoms with E-state index in [-0.39, 0.29) is 6.61 Å². The molecule has 4 nitrogen and oxygen atoms in total. The van der Waals surface area contributed by atoms with E-state index < -0.39 is 11.6 Å². The van der Waals surface area contributed by atoms with Crippen molar-refractivity contribution in [1.82, 2.24) is 4.90 Å². The Morgan fingerprint density at radius 3 is 2.12 bits per heavy atom. The Labute approximate surface area is 148 Å². The second kappa shape index (κ2) is 7.64. The minimum Gasteiger partial charge on any atom is -0.459 e. The maximum absolute atomic E-state index is 12.9. The predicted octanol–water partition coefficient (Wildman–Crippen LogP) is 2.73. The van der Waals surface area contributed by atoms with Crippen LogP contribution in [0.1, 0.15) is 17.5 Å². The molecular weight excluding hydrogens is 314 g/mol. The lowest BCUT2D eigenvalue weighted by Crippen LogP contribution is -2.39. The highest BCUT2D eigenvalue weighted by Crippen LogP contribution is 2.31. The highest BCUT2D eigenvalue weighted by atomic mass is 16.5. The number of rotatable bonds is 5. The van der Waals surface area contributed by atoms with Gasteiger partial charge in [0.05, 0.1) is 0 Å². The molecule has 0 unspecified atom stereocenters. The summed E-state index contributed by atoms with van der Waals surface area (Å²) in [6, 6.07) is 17.9. The van der Waals surface area contributed by atoms with Gasteiger partial charge in [-0.25, -0.2) is 4.79 Å². The van der Waals surface area contributed by atoms with Crippen LogP contribution in [0.5, 0.6) is 0 Å². The zero-order valence-corrected chi connectivity index (χ0v) is 14.4. The first-order chi connectivity index (χ1) is 12.1. The molecule has 0 aromatic heterocycles. The third-order valence-corrected chi connectivity index (χ3v) is 4.57. The predicted molar refractivity (Wildman–Crippen MR) is 97.0 cm³/mol. The van der Waals surface area contributed by atoms with Crippen LogP contribution in [0.3, 0.4) is 0 Å². The van der Waals surface area contributed by atoms with E-state index in [0.717, 1.165) is 25.1 Å². The van der Waals surface area contributed by atoms with E-state index >= 15 is 0 Å². The van der Waals surface area contributed by atoms with Gasteiger partial charge in [0.2, 0.25) is 5.60 Å². The van der Waals surface area contributed by atoms with E-state index in [1.807, 2.05) is 12.1 Å². The number of aliphatic hydroxyl groups is 1. The summed E-state index contributed by atoms with van der Waals surface area (Å²) in [5.74, 6) is -0.648. The van der Waals surface area contributed by atoms with E-state index in [1.165, 1.54) is 0 Å². The third kappa shape index (κ3) is 3.81. The number of nitrogens with zero attached hydrogens (tertiary/aromatic N) is 1. The molecule has 0 fully saturated rings. The lowest BCUT2D eigenvalue weighted by Gasteiger charge is -2.28. The number of carbonyl (C=O) groups excluding carboxylic acids is 1. The molecule has 1 aliphatic rings. The summed E-state index contributed by atoms with van der Waals surface area (Å²) in [6.45, 7) is 2.02. The maximum atomic E-state index is 12.9. The molecule has 0 saturated carbocycles. The van der Waals surface area contributed by atoms with Crippen LogP contribution in [0.4, 0.5) is 0 Å². The molecule has 4 heteroatoms. The molecule has 1 N–H and O–H groups in total. The topological polar surface area (TPSA) is 49.8 Å². The molecular formula is C21H23NO3. The standard InChI is InChI=1S/C21H23NO3/c1-22-14-12-17(13-15-22)16-25-20(23)21(24,18-8-4-2-5-9-18)19-10-6-3-7-11-19/h2-12,24H,13-16H2,1H3. The largest absolute Gasteiger partial charge is 0.459 e. The Hall–Kier alpha value is -2.43. The van der Waals surface area contributed by atoms with Gasteiger partial charge < -0.3 is 14.7 Å². The van der Waals surface area contributed by atoms with Crippen LogP contribution in [0.2, 0.25) is 0 Å². The SMILES string of the molecule is CN1CC=C(COC(=O)C(O)(c2ccccc2)c2ccccc2)CC1. The Morgan fingerprint density at radius 1 is 1.08 bits per heavy atom. The number of carbonyl (C=O) groups is 1. The molecule has 25 heavy (non-hydrogen) atoms. The average Bonchev–Trinajstić information content (AvgIpc) is 2.68. The zero-order chi connectivity index (χ0) is 17.7. The Bertz CT molecular complexity index is 701. The van der Waals surface area contributed by atoms with Gasteiger partial charge in [0.25, 0.3) is 0 Å². The van der Waals surface area contributed by atoms with Crippen molar-refractivity contribution in [3.63, 3.8) is 0 Å². The number of hydrogen-bond acceptors (Lipinski definition) is 4. The van der Waals surface area contributed by atoms with Crippen molar-refractivity contribution in [2.45, 2.75) is 12.0 Å². The van der Waals surface area contributed by atoms with Crippen LogP contribution in [-0.4, -0.2) is 42.7 Å². The quantitative estimate of drug-likeness (QED) is 0.673. The van der Waals surface area contributed by atoms with Gasteiger partial charge in [-0.2, -0.15) is 0 Å². The van der Waals surface area contributed by atoms with Gasteiger partial charge in [0.1, 0.15) is 6.61 Å². The van der Waals surface area contributed by atoms with Gasteiger partial charge in [0, 0.05) is 13.1 Å². The lowest BCUT2D eigenvalue weighted by molar-refractivity contribution is -0.161. The van der Waals surface area contributed by atoms with Crippen LogP contribution in [0.25, 0.3) is 0 Å². The van der Waals surface area contributed by atoms with Crippen molar-refractivity contribution < 1.29 is 14.6 Å². The van der Waals surface area contributed by atoms with E-state index in [2.05, 4.69) is 18.0 Å². The van der Waals surface area contributed by atoms with E-state index in [9.17, 15) is 9.90 Å². The molecule has 0 spiro atoms. The second-order valence-electron chi connectivity index (χ2n) is 6.39. The van der Waals surface area contributed by atoms with Gasteiger partial charge in [-0.05, 0) is 30.2 Å². The van der Waals surface area contributed by atoms with Crippen molar-refractivity contribution in [2.24, 2.45) is 0 Å². The fourth-order valence-corrected chi connectivity index (χ4v) is 2.97. The number of esters is 1. The van der Waals surface area contributed by atoms with Crippen molar-refractivity contribution in [3.8, 4) is 0 Å². The zero-order valence-electron chi connectivity index (χ0n) is 14.4. The number of ether oxygens (including phenoxy) is 1. The van der Waals surface area contributed by atoms with Crippen LogP contribution in [0, 0.1) is 0 Å². The highest BCUT2D eigenvalue weighted by molar-refractivity contribution is 5.85. The number of benzene rings is 2. The summed E-state index contributed by atoms with van der Waals surface area (Å²) in [5, 5.41) is 11.3. The molecule has 2 aromatic rings. The molecule has 0 amide bonds. The minimum atomic E-state index is -1.81. The average molecular weight is 337 g/mol. The Morgan fingerprint density at radius 2 is 1.64 bits per heavy atom. The molecule has 3 rings (SSSR count). The van der Waals surface area contributed by atoms with Crippen molar-refractivity contribution in [1.29, 1.82) is 0 Å². The second-order valence-corrected chi connectivity index (χ2v) is 6.39. The van der Waals surface area contributed by atoms with Crippen LogP contribution < -0.4 is 0 Å². The number of hydrogen-bond donors (Lipinski definition) is 1. The summed E-state index contributed by atoms with van der Waals surface area (Å²) < 4.78 is 5.51. The summed E-state index contributed by atoms with van der Waals surface area (Å²) in [6.07, 6.45) is 2.96. The summed E-state index contributed by atoms with van der Waals surface area (Å²) in [5.41, 5.74) is 0.288. The monoisotopic (exact) mass is 337 g/mol.